The molecule has 0 spiro atoms. The first-order valence-electron chi connectivity index (χ1n) is 23.7. The van der Waals surface area contributed by atoms with E-state index in [4.69, 9.17) is 4.42 Å². The van der Waals surface area contributed by atoms with Crippen LogP contribution >= 0.6 is 0 Å². The van der Waals surface area contributed by atoms with Gasteiger partial charge in [-0.1, -0.05) is 161 Å². The molecule has 0 fully saturated rings. The second kappa shape index (κ2) is 14.1. The van der Waals surface area contributed by atoms with E-state index >= 15 is 0 Å². The van der Waals surface area contributed by atoms with E-state index in [1.807, 2.05) is 0 Å². The molecule has 3 heterocycles. The van der Waals surface area contributed by atoms with Crippen LogP contribution in [0.1, 0.15) is 158 Å². The summed E-state index contributed by atoms with van der Waals surface area (Å²) < 4.78 is 7.26. The standard InChI is InChI=1S/C60H71BN2O/c1-55(2,3)36-23-27-51-45(34-36)44-24-26-50-53(54(44)64-51)61-46-35-37(56(4,5)6)22-25-47(46)62(42-30-38(57(7,8)9)28-39(31-42)58(10,11)12)48-20-19-21-49(52(48)61)63(50)43-32-40(59(13,14)15)29-41(33-43)60(16,17)18/h19-35H,1-18H3. The lowest BCUT2D eigenvalue weighted by molar-refractivity contribution is 0.568. The lowest BCUT2D eigenvalue weighted by Crippen LogP contribution is -2.61. The van der Waals surface area contributed by atoms with Gasteiger partial charge in [0.25, 0.3) is 6.71 Å². The molecule has 64 heavy (non-hydrogen) atoms. The zero-order chi connectivity index (χ0) is 46.4. The third-order valence-corrected chi connectivity index (χ3v) is 14.1. The van der Waals surface area contributed by atoms with Gasteiger partial charge in [-0.15, -0.1) is 0 Å². The fourth-order valence-corrected chi connectivity index (χ4v) is 9.96. The van der Waals surface area contributed by atoms with E-state index in [2.05, 4.69) is 238 Å². The van der Waals surface area contributed by atoms with E-state index in [1.165, 1.54) is 94.7 Å². The third-order valence-electron chi connectivity index (χ3n) is 14.1. The summed E-state index contributed by atoms with van der Waals surface area (Å²) in [6.07, 6.45) is 0. The Hall–Kier alpha value is -5.22. The summed E-state index contributed by atoms with van der Waals surface area (Å²) in [7, 11) is 0. The summed E-state index contributed by atoms with van der Waals surface area (Å²) >= 11 is 0. The number of hydrogen-bond acceptors (Lipinski definition) is 3. The van der Waals surface area contributed by atoms with Crippen LogP contribution in [0.25, 0.3) is 21.9 Å². The van der Waals surface area contributed by atoms with Crippen molar-refractivity contribution < 1.29 is 4.42 Å². The van der Waals surface area contributed by atoms with Crippen molar-refractivity contribution in [3.8, 4) is 0 Å². The Bertz CT molecular complexity index is 2930. The van der Waals surface area contributed by atoms with Gasteiger partial charge < -0.3 is 14.2 Å². The molecular formula is C60H71BN2O. The van der Waals surface area contributed by atoms with E-state index in [-0.39, 0.29) is 39.2 Å². The maximum atomic E-state index is 7.26. The smallest absolute Gasteiger partial charge is 0.257 e. The average molecular weight is 847 g/mol. The number of fused-ring (bicyclic) bond motifs is 8. The van der Waals surface area contributed by atoms with Crippen LogP contribution in [0.5, 0.6) is 0 Å². The number of anilines is 6. The molecule has 1 aromatic heterocycles. The number of furan rings is 1. The van der Waals surface area contributed by atoms with Gasteiger partial charge in [-0.2, -0.15) is 0 Å². The predicted octanol–water partition coefficient (Wildman–Crippen LogP) is 15.5. The van der Waals surface area contributed by atoms with Crippen LogP contribution in [0.15, 0.2) is 108 Å². The molecule has 6 aromatic carbocycles. The highest BCUT2D eigenvalue weighted by molar-refractivity contribution is 7.01. The van der Waals surface area contributed by atoms with Crippen LogP contribution in [0.4, 0.5) is 34.1 Å². The third kappa shape index (κ3) is 7.28. The van der Waals surface area contributed by atoms with Crippen LogP contribution in [-0.2, 0) is 32.5 Å². The highest BCUT2D eigenvalue weighted by Gasteiger charge is 2.46. The molecule has 3 nitrogen and oxygen atoms in total. The van der Waals surface area contributed by atoms with Gasteiger partial charge in [-0.25, -0.2) is 0 Å². The van der Waals surface area contributed by atoms with E-state index < -0.39 is 0 Å². The molecule has 2 aliphatic heterocycles. The van der Waals surface area contributed by atoms with Crippen LogP contribution in [0, 0.1) is 0 Å². The minimum Gasteiger partial charge on any atom is -0.457 e. The molecule has 2 aliphatic rings. The Morgan fingerprint density at radius 2 is 0.766 bits per heavy atom. The fourth-order valence-electron chi connectivity index (χ4n) is 9.96. The highest BCUT2D eigenvalue weighted by atomic mass is 16.3. The molecule has 0 unspecified atom stereocenters. The topological polar surface area (TPSA) is 19.6 Å². The van der Waals surface area contributed by atoms with Crippen LogP contribution in [0.3, 0.4) is 0 Å². The first kappa shape index (κ1) is 44.0. The van der Waals surface area contributed by atoms with Crippen molar-refractivity contribution in [2.75, 3.05) is 9.80 Å². The van der Waals surface area contributed by atoms with Gasteiger partial charge in [0.2, 0.25) is 0 Å². The molecule has 0 atom stereocenters. The summed E-state index contributed by atoms with van der Waals surface area (Å²) in [5.41, 5.74) is 20.7. The zero-order valence-electron chi connectivity index (χ0n) is 42.2. The Morgan fingerprint density at radius 3 is 1.23 bits per heavy atom. The van der Waals surface area contributed by atoms with Gasteiger partial charge in [0.05, 0.1) is 0 Å². The Kier molecular flexibility index (Phi) is 9.72. The summed E-state index contributed by atoms with van der Waals surface area (Å²) in [5.74, 6) is 0. The lowest BCUT2D eigenvalue weighted by atomic mass is 9.33. The highest BCUT2D eigenvalue weighted by Crippen LogP contribution is 2.48. The fraction of sp³-hybridized carbons (Fsp3) is 0.400. The van der Waals surface area contributed by atoms with E-state index in [9.17, 15) is 0 Å². The molecule has 0 saturated heterocycles. The lowest BCUT2D eigenvalue weighted by Gasteiger charge is -2.45. The molecule has 0 aliphatic carbocycles. The summed E-state index contributed by atoms with van der Waals surface area (Å²) in [5, 5.41) is 2.35. The molecule has 330 valence electrons. The van der Waals surface area contributed by atoms with Crippen LogP contribution in [-0.4, -0.2) is 6.71 Å². The summed E-state index contributed by atoms with van der Waals surface area (Å²) in [6, 6.07) is 40.6. The molecule has 4 heteroatoms. The van der Waals surface area contributed by atoms with E-state index in [0.29, 0.717) is 0 Å². The number of nitrogens with zero attached hydrogens (tertiary/aromatic N) is 2. The number of rotatable bonds is 2. The summed E-state index contributed by atoms with van der Waals surface area (Å²) in [6.45, 7) is 41.9. The van der Waals surface area contributed by atoms with Gasteiger partial charge >= 0.3 is 0 Å². The Labute approximate surface area is 385 Å². The number of benzene rings is 6. The van der Waals surface area contributed by atoms with Crippen LogP contribution in [0.2, 0.25) is 0 Å². The van der Waals surface area contributed by atoms with E-state index in [1.54, 1.807) is 0 Å². The van der Waals surface area contributed by atoms with Gasteiger partial charge in [-0.05, 0) is 149 Å². The van der Waals surface area contributed by atoms with Crippen molar-refractivity contribution in [3.05, 3.63) is 137 Å². The SMILES string of the molecule is CC(C)(C)c1cc(N2c3ccc(C(C)(C)C)cc3B3c4c2cccc4N(c2cc(C(C)(C)C)cc(C(C)(C)C)c2)c2ccc4c(oc5ccc(C(C)(C)C)cc54)c23)cc(C(C)(C)C)c1. The van der Waals surface area contributed by atoms with Gasteiger partial charge in [-0.3, -0.25) is 0 Å². The molecule has 0 saturated carbocycles. The Balaban J connectivity index is 1.45. The molecule has 0 N–H and O–H groups in total. The van der Waals surface area contributed by atoms with Crippen molar-refractivity contribution in [2.24, 2.45) is 0 Å². The second-order valence-corrected chi connectivity index (χ2v) is 25.3. The molecule has 0 bridgehead atoms. The Morgan fingerprint density at radius 1 is 0.359 bits per heavy atom. The largest absolute Gasteiger partial charge is 0.457 e. The minimum atomic E-state index is -0.0851. The quantitative estimate of drug-likeness (QED) is 0.162. The first-order valence-corrected chi connectivity index (χ1v) is 23.7. The predicted molar refractivity (Wildman–Crippen MR) is 280 cm³/mol. The molecule has 7 aromatic rings. The normalized spacial score (nSPS) is 14.6. The first-order chi connectivity index (χ1) is 29.5. The van der Waals surface area contributed by atoms with Crippen molar-refractivity contribution in [2.45, 2.75) is 157 Å². The number of hydrogen-bond donors (Lipinski definition) is 0. The maximum Gasteiger partial charge on any atom is 0.257 e. The second-order valence-electron chi connectivity index (χ2n) is 25.3. The minimum absolute atomic E-state index is 0.00569. The van der Waals surface area contributed by atoms with Crippen molar-refractivity contribution >= 4 is 79.2 Å². The van der Waals surface area contributed by atoms with Crippen molar-refractivity contribution in [1.82, 2.24) is 0 Å². The summed E-state index contributed by atoms with van der Waals surface area (Å²) in [4.78, 5) is 5.16. The van der Waals surface area contributed by atoms with Gasteiger partial charge in [0.15, 0.2) is 0 Å². The van der Waals surface area contributed by atoms with Crippen LogP contribution < -0.4 is 26.2 Å². The monoisotopic (exact) mass is 847 g/mol. The molecule has 9 rings (SSSR count). The van der Waals surface area contributed by atoms with Gasteiger partial charge in [0, 0.05) is 44.9 Å². The average Bonchev–Trinajstić information content (AvgIpc) is 3.56. The van der Waals surface area contributed by atoms with Crippen molar-refractivity contribution in [1.29, 1.82) is 0 Å². The van der Waals surface area contributed by atoms with Crippen molar-refractivity contribution in [3.63, 3.8) is 0 Å². The van der Waals surface area contributed by atoms with E-state index in [0.717, 1.165) is 11.2 Å². The van der Waals surface area contributed by atoms with Gasteiger partial charge in [0.1, 0.15) is 11.2 Å². The molecular weight excluding hydrogens is 775 g/mol. The molecule has 0 amide bonds. The zero-order valence-corrected chi connectivity index (χ0v) is 42.2. The molecule has 0 radical (unpaired) electrons. The maximum absolute atomic E-state index is 7.26.